The zero-order chi connectivity index (χ0) is 16.3. The van der Waals surface area contributed by atoms with Gasteiger partial charge in [-0.05, 0) is 60.7 Å². The number of aryl methyl sites for hydroxylation is 2. The Morgan fingerprint density at radius 3 is 2.50 bits per heavy atom. The van der Waals surface area contributed by atoms with Crippen LogP contribution in [0.25, 0.3) is 10.8 Å². The minimum Gasteiger partial charge on any atom is -0.459 e. The van der Waals surface area contributed by atoms with Gasteiger partial charge in [-0.15, -0.1) is 0 Å². The van der Waals surface area contributed by atoms with Crippen molar-refractivity contribution in [3.63, 3.8) is 0 Å². The van der Waals surface area contributed by atoms with Crippen LogP contribution >= 0.6 is 0 Å². The molecule has 0 amide bonds. The van der Waals surface area contributed by atoms with Gasteiger partial charge in [0.25, 0.3) is 0 Å². The summed E-state index contributed by atoms with van der Waals surface area (Å²) in [5, 5.41) is 2.36. The average Bonchev–Trinajstić information content (AvgIpc) is 3.07. The average molecular weight is 321 g/mol. The monoisotopic (exact) mass is 321 g/mol. The quantitative estimate of drug-likeness (QED) is 0.790. The van der Waals surface area contributed by atoms with Gasteiger partial charge in [-0.2, -0.15) is 0 Å². The van der Waals surface area contributed by atoms with Gasteiger partial charge in [0.15, 0.2) is 0 Å². The number of esters is 1. The fourth-order valence-corrected chi connectivity index (χ4v) is 5.10. The van der Waals surface area contributed by atoms with Gasteiger partial charge in [0.05, 0.1) is 5.56 Å². The molecule has 1 unspecified atom stereocenters. The third kappa shape index (κ3) is 2.11. The molecular weight excluding hydrogens is 298 g/mol. The highest BCUT2D eigenvalue weighted by molar-refractivity contribution is 6.07. The summed E-state index contributed by atoms with van der Waals surface area (Å²) in [6, 6.07) is 11.6. The molecule has 2 aliphatic heterocycles. The van der Waals surface area contributed by atoms with E-state index in [0.29, 0.717) is 12.1 Å². The topological polar surface area (TPSA) is 29.5 Å². The van der Waals surface area contributed by atoms with Crippen molar-refractivity contribution in [2.75, 3.05) is 7.05 Å². The van der Waals surface area contributed by atoms with Gasteiger partial charge in [0.1, 0.15) is 6.10 Å². The van der Waals surface area contributed by atoms with Gasteiger partial charge in [0.2, 0.25) is 0 Å². The van der Waals surface area contributed by atoms with Gasteiger partial charge in [-0.25, -0.2) is 4.79 Å². The number of hydrogen-bond acceptors (Lipinski definition) is 3. The summed E-state index contributed by atoms with van der Waals surface area (Å²) in [6.45, 7) is 0. The summed E-state index contributed by atoms with van der Waals surface area (Å²) in [4.78, 5) is 15.3. The van der Waals surface area contributed by atoms with Crippen molar-refractivity contribution in [3.05, 3.63) is 47.0 Å². The van der Waals surface area contributed by atoms with Gasteiger partial charge in [0, 0.05) is 24.9 Å². The van der Waals surface area contributed by atoms with Crippen LogP contribution in [0.4, 0.5) is 0 Å². The first-order valence-corrected chi connectivity index (χ1v) is 9.17. The molecule has 2 saturated heterocycles. The Hall–Kier alpha value is -1.87. The fourth-order valence-electron chi connectivity index (χ4n) is 5.10. The number of carbonyl (C=O) groups excluding carboxylic acids is 1. The fraction of sp³-hybridized carbons (Fsp3) is 0.476. The van der Waals surface area contributed by atoms with Crippen LogP contribution in [0.5, 0.6) is 0 Å². The third-order valence-corrected chi connectivity index (χ3v) is 6.43. The predicted octanol–water partition coefficient (Wildman–Crippen LogP) is 3.72. The van der Waals surface area contributed by atoms with Crippen molar-refractivity contribution >= 4 is 16.7 Å². The lowest BCUT2D eigenvalue weighted by Gasteiger charge is -2.35. The molecule has 3 heteroatoms. The number of carbonyl (C=O) groups is 1. The summed E-state index contributed by atoms with van der Waals surface area (Å²) in [7, 11) is 2.21. The standard InChI is InChI=1S/C21H23NO2/c1-22-15-8-9-16(22)12-17(11-15)24-21(23)19-10-7-14-6-5-13-3-2-4-18(19)20(13)14/h2-4,7,10,15-17H,5-6,8-9,11-12H2,1H3/t15-,16+,17?. The summed E-state index contributed by atoms with van der Waals surface area (Å²) in [5.74, 6) is -0.139. The van der Waals surface area contributed by atoms with Crippen molar-refractivity contribution < 1.29 is 9.53 Å². The zero-order valence-electron chi connectivity index (χ0n) is 14.1. The molecule has 3 atom stereocenters. The van der Waals surface area contributed by atoms with E-state index in [-0.39, 0.29) is 12.1 Å². The van der Waals surface area contributed by atoms with Crippen LogP contribution in [0.2, 0.25) is 0 Å². The minimum absolute atomic E-state index is 0.0780. The molecule has 3 nitrogen and oxygen atoms in total. The predicted molar refractivity (Wildman–Crippen MR) is 94.4 cm³/mol. The molecule has 2 bridgehead atoms. The SMILES string of the molecule is CN1[C@@H]2CC[C@H]1CC(OC(=O)c1ccc3c4c(cccc14)CC3)C2. The molecule has 124 valence electrons. The molecule has 0 radical (unpaired) electrons. The van der Waals surface area contributed by atoms with Crippen LogP contribution in [0.3, 0.4) is 0 Å². The second kappa shape index (κ2) is 5.32. The lowest BCUT2D eigenvalue weighted by atomic mass is 9.99. The highest BCUT2D eigenvalue weighted by Gasteiger charge is 2.40. The lowest BCUT2D eigenvalue weighted by molar-refractivity contribution is -0.000261. The maximum Gasteiger partial charge on any atom is 0.339 e. The summed E-state index contributed by atoms with van der Waals surface area (Å²) < 4.78 is 5.95. The van der Waals surface area contributed by atoms with E-state index in [1.54, 1.807) is 0 Å². The number of nitrogens with zero attached hydrogens (tertiary/aromatic N) is 1. The number of rotatable bonds is 2. The lowest BCUT2D eigenvalue weighted by Crippen LogP contribution is -2.43. The van der Waals surface area contributed by atoms with Gasteiger partial charge < -0.3 is 9.64 Å². The number of ether oxygens (including phenoxy) is 1. The molecule has 0 spiro atoms. The van der Waals surface area contributed by atoms with Crippen LogP contribution in [-0.2, 0) is 17.6 Å². The highest BCUT2D eigenvalue weighted by atomic mass is 16.5. The number of piperidine rings is 1. The Balaban J connectivity index is 1.43. The molecule has 1 aliphatic carbocycles. The van der Waals surface area contributed by atoms with E-state index in [2.05, 4.69) is 36.2 Å². The minimum atomic E-state index is -0.139. The van der Waals surface area contributed by atoms with Gasteiger partial charge >= 0.3 is 5.97 Å². The molecular formula is C21H23NO2. The largest absolute Gasteiger partial charge is 0.459 e. The van der Waals surface area contributed by atoms with Crippen LogP contribution in [0.15, 0.2) is 30.3 Å². The third-order valence-electron chi connectivity index (χ3n) is 6.43. The van der Waals surface area contributed by atoms with E-state index in [1.807, 2.05) is 6.07 Å². The molecule has 24 heavy (non-hydrogen) atoms. The van der Waals surface area contributed by atoms with E-state index >= 15 is 0 Å². The normalized spacial score (nSPS) is 28.5. The molecule has 2 fully saturated rings. The first-order chi connectivity index (χ1) is 11.7. The summed E-state index contributed by atoms with van der Waals surface area (Å²) >= 11 is 0. The van der Waals surface area contributed by atoms with Gasteiger partial charge in [-0.1, -0.05) is 24.3 Å². The van der Waals surface area contributed by atoms with E-state index in [4.69, 9.17) is 4.74 Å². The number of benzene rings is 2. The molecule has 5 rings (SSSR count). The second-order valence-electron chi connectivity index (χ2n) is 7.66. The molecule has 2 heterocycles. The smallest absolute Gasteiger partial charge is 0.339 e. The number of hydrogen-bond donors (Lipinski definition) is 0. The molecule has 0 N–H and O–H groups in total. The van der Waals surface area contributed by atoms with Crippen LogP contribution in [-0.4, -0.2) is 36.1 Å². The van der Waals surface area contributed by atoms with Crippen molar-refractivity contribution in [3.8, 4) is 0 Å². The first kappa shape index (κ1) is 14.5. The highest BCUT2D eigenvalue weighted by Crippen LogP contribution is 2.37. The molecule has 0 saturated carbocycles. The Morgan fingerprint density at radius 2 is 1.75 bits per heavy atom. The number of fused-ring (bicyclic) bond motifs is 2. The Labute approximate surface area is 142 Å². The maximum atomic E-state index is 12.8. The molecule has 2 aromatic carbocycles. The van der Waals surface area contributed by atoms with Crippen LogP contribution in [0.1, 0.15) is 47.2 Å². The van der Waals surface area contributed by atoms with E-state index in [1.165, 1.54) is 29.4 Å². The summed E-state index contributed by atoms with van der Waals surface area (Å²) in [6.07, 6.45) is 6.72. The van der Waals surface area contributed by atoms with Crippen molar-refractivity contribution in [2.45, 2.75) is 56.7 Å². The van der Waals surface area contributed by atoms with E-state index in [0.717, 1.165) is 36.6 Å². The molecule has 2 aromatic rings. The van der Waals surface area contributed by atoms with Crippen molar-refractivity contribution in [2.24, 2.45) is 0 Å². The van der Waals surface area contributed by atoms with Crippen LogP contribution in [0, 0.1) is 0 Å². The summed E-state index contributed by atoms with van der Waals surface area (Å²) in [5.41, 5.74) is 3.48. The van der Waals surface area contributed by atoms with E-state index < -0.39 is 0 Å². The van der Waals surface area contributed by atoms with Crippen molar-refractivity contribution in [1.29, 1.82) is 0 Å². The van der Waals surface area contributed by atoms with E-state index in [9.17, 15) is 4.79 Å². The van der Waals surface area contributed by atoms with Crippen molar-refractivity contribution in [1.82, 2.24) is 4.90 Å². The Kier molecular flexibility index (Phi) is 3.21. The first-order valence-electron chi connectivity index (χ1n) is 9.17. The zero-order valence-corrected chi connectivity index (χ0v) is 14.1. The maximum absolute atomic E-state index is 12.8. The van der Waals surface area contributed by atoms with Crippen LogP contribution < -0.4 is 0 Å². The molecule has 3 aliphatic rings. The molecule has 0 aromatic heterocycles. The Bertz CT molecular complexity index is 804. The Morgan fingerprint density at radius 1 is 1.04 bits per heavy atom. The second-order valence-corrected chi connectivity index (χ2v) is 7.66. The van der Waals surface area contributed by atoms with Gasteiger partial charge in [-0.3, -0.25) is 0 Å².